The molecule has 0 unspecified atom stereocenters. The van der Waals surface area contributed by atoms with Crippen molar-refractivity contribution >= 4 is 17.5 Å². The third kappa shape index (κ3) is 3.36. The van der Waals surface area contributed by atoms with E-state index in [2.05, 4.69) is 10.5 Å². The lowest BCUT2D eigenvalue weighted by molar-refractivity contribution is -0.116. The standard InChI is InChI=1S/C23H20FN3O3/c24-17-7-4-14(5-8-17)22-18-10-11-27(13-20(18)26-30-22)23(29)16-6-9-19-15(12-16)2-1-3-21(28)25-19/h4-9,12H,1-3,10-11,13H2,(H,25,28). The summed E-state index contributed by atoms with van der Waals surface area (Å²) in [4.78, 5) is 26.6. The summed E-state index contributed by atoms with van der Waals surface area (Å²) in [6, 6.07) is 11.6. The van der Waals surface area contributed by atoms with E-state index in [1.54, 1.807) is 23.1 Å². The van der Waals surface area contributed by atoms with Gasteiger partial charge in [0.15, 0.2) is 5.76 Å². The Kier molecular flexibility index (Phi) is 4.58. The molecular formula is C23H20FN3O3. The highest BCUT2D eigenvalue weighted by Gasteiger charge is 2.28. The van der Waals surface area contributed by atoms with Crippen molar-refractivity contribution in [3.8, 4) is 11.3 Å². The van der Waals surface area contributed by atoms with Gasteiger partial charge in [0.2, 0.25) is 5.91 Å². The molecule has 7 heteroatoms. The average Bonchev–Trinajstić information content (AvgIpc) is 3.08. The van der Waals surface area contributed by atoms with Gasteiger partial charge < -0.3 is 14.7 Å². The summed E-state index contributed by atoms with van der Waals surface area (Å²) >= 11 is 0. The van der Waals surface area contributed by atoms with Gasteiger partial charge in [0.25, 0.3) is 5.91 Å². The first-order chi connectivity index (χ1) is 14.6. The van der Waals surface area contributed by atoms with Crippen molar-refractivity contribution in [1.29, 1.82) is 0 Å². The monoisotopic (exact) mass is 405 g/mol. The molecule has 0 radical (unpaired) electrons. The van der Waals surface area contributed by atoms with Crippen LogP contribution in [0.1, 0.15) is 40.0 Å². The number of aromatic nitrogens is 1. The van der Waals surface area contributed by atoms with E-state index in [1.165, 1.54) is 12.1 Å². The predicted molar refractivity (Wildman–Crippen MR) is 108 cm³/mol. The second-order valence-corrected chi connectivity index (χ2v) is 7.69. The van der Waals surface area contributed by atoms with Crippen LogP contribution in [0.2, 0.25) is 0 Å². The Morgan fingerprint density at radius 3 is 2.77 bits per heavy atom. The normalized spacial score (nSPS) is 15.8. The third-order valence-corrected chi connectivity index (χ3v) is 5.71. The summed E-state index contributed by atoms with van der Waals surface area (Å²) in [6.45, 7) is 0.918. The fraction of sp³-hybridized carbons (Fsp3) is 0.261. The zero-order valence-electron chi connectivity index (χ0n) is 16.3. The first kappa shape index (κ1) is 18.5. The van der Waals surface area contributed by atoms with Crippen molar-refractivity contribution in [2.75, 3.05) is 11.9 Å². The Labute approximate surface area is 172 Å². The van der Waals surface area contributed by atoms with Gasteiger partial charge >= 0.3 is 0 Å². The first-order valence-corrected chi connectivity index (χ1v) is 10.0. The van der Waals surface area contributed by atoms with E-state index in [1.807, 2.05) is 12.1 Å². The molecule has 1 aromatic heterocycles. The van der Waals surface area contributed by atoms with Crippen LogP contribution in [0.5, 0.6) is 0 Å². The molecule has 0 saturated heterocycles. The van der Waals surface area contributed by atoms with E-state index in [0.29, 0.717) is 37.3 Å². The number of hydrogen-bond donors (Lipinski definition) is 1. The number of rotatable bonds is 2. The minimum atomic E-state index is -0.302. The van der Waals surface area contributed by atoms with Crippen LogP contribution in [-0.4, -0.2) is 28.4 Å². The summed E-state index contributed by atoms with van der Waals surface area (Å²) in [5.74, 6) is 0.284. The molecule has 0 bridgehead atoms. The van der Waals surface area contributed by atoms with Gasteiger partial charge in [-0.25, -0.2) is 4.39 Å². The molecule has 0 saturated carbocycles. The lowest BCUT2D eigenvalue weighted by Crippen LogP contribution is -2.36. The average molecular weight is 405 g/mol. The van der Waals surface area contributed by atoms with Gasteiger partial charge in [0.1, 0.15) is 11.5 Å². The van der Waals surface area contributed by atoms with Crippen LogP contribution in [0.25, 0.3) is 11.3 Å². The van der Waals surface area contributed by atoms with Crippen molar-refractivity contribution < 1.29 is 18.5 Å². The molecule has 0 aliphatic carbocycles. The van der Waals surface area contributed by atoms with E-state index >= 15 is 0 Å². The van der Waals surface area contributed by atoms with Crippen LogP contribution in [0.15, 0.2) is 47.0 Å². The van der Waals surface area contributed by atoms with Gasteiger partial charge in [-0.15, -0.1) is 0 Å². The molecule has 6 nitrogen and oxygen atoms in total. The van der Waals surface area contributed by atoms with Crippen LogP contribution in [0.3, 0.4) is 0 Å². The van der Waals surface area contributed by atoms with E-state index in [-0.39, 0.29) is 17.6 Å². The highest BCUT2D eigenvalue weighted by atomic mass is 19.1. The van der Waals surface area contributed by atoms with Crippen LogP contribution in [0.4, 0.5) is 10.1 Å². The Hall–Kier alpha value is -3.48. The highest BCUT2D eigenvalue weighted by molar-refractivity contribution is 5.97. The van der Waals surface area contributed by atoms with Crippen molar-refractivity contribution in [1.82, 2.24) is 10.1 Å². The zero-order valence-corrected chi connectivity index (χ0v) is 16.3. The maximum absolute atomic E-state index is 13.2. The fourth-order valence-electron chi connectivity index (χ4n) is 4.12. The molecule has 0 fully saturated rings. The molecule has 2 aromatic carbocycles. The SMILES string of the molecule is O=C1CCCc2cc(C(=O)N3CCc4c(noc4-c4ccc(F)cc4)C3)ccc2N1. The summed E-state index contributed by atoms with van der Waals surface area (Å²) in [5, 5.41) is 7.06. The Morgan fingerprint density at radius 2 is 1.93 bits per heavy atom. The minimum absolute atomic E-state index is 0.0133. The zero-order chi connectivity index (χ0) is 20.7. The van der Waals surface area contributed by atoms with Crippen molar-refractivity contribution in [2.45, 2.75) is 32.2 Å². The van der Waals surface area contributed by atoms with E-state index in [0.717, 1.165) is 40.9 Å². The molecule has 0 atom stereocenters. The Bertz CT molecular complexity index is 1140. The van der Waals surface area contributed by atoms with Crippen LogP contribution >= 0.6 is 0 Å². The number of nitrogens with one attached hydrogen (secondary N) is 1. The largest absolute Gasteiger partial charge is 0.356 e. The van der Waals surface area contributed by atoms with Gasteiger partial charge in [-0.05, 0) is 67.3 Å². The minimum Gasteiger partial charge on any atom is -0.356 e. The van der Waals surface area contributed by atoms with Gasteiger partial charge in [-0.1, -0.05) is 5.16 Å². The Balaban J connectivity index is 1.36. The summed E-state index contributed by atoms with van der Waals surface area (Å²) in [5.41, 5.74) is 4.86. The smallest absolute Gasteiger partial charge is 0.254 e. The van der Waals surface area contributed by atoms with Gasteiger partial charge in [-0.2, -0.15) is 0 Å². The summed E-state index contributed by atoms with van der Waals surface area (Å²) < 4.78 is 18.7. The molecule has 0 spiro atoms. The van der Waals surface area contributed by atoms with Crippen molar-refractivity contribution in [2.24, 2.45) is 0 Å². The number of carbonyl (C=O) groups is 2. The molecule has 30 heavy (non-hydrogen) atoms. The van der Waals surface area contributed by atoms with E-state index in [9.17, 15) is 14.0 Å². The number of hydrogen-bond acceptors (Lipinski definition) is 4. The second-order valence-electron chi connectivity index (χ2n) is 7.69. The molecule has 2 amide bonds. The summed E-state index contributed by atoms with van der Waals surface area (Å²) in [7, 11) is 0. The van der Waals surface area contributed by atoms with Crippen molar-refractivity contribution in [3.05, 3.63) is 70.7 Å². The van der Waals surface area contributed by atoms with Crippen molar-refractivity contribution in [3.63, 3.8) is 0 Å². The molecule has 3 aromatic rings. The lowest BCUT2D eigenvalue weighted by Gasteiger charge is -2.26. The molecular weight excluding hydrogens is 385 g/mol. The fourth-order valence-corrected chi connectivity index (χ4v) is 4.12. The number of carbonyl (C=O) groups excluding carboxylic acids is 2. The summed E-state index contributed by atoms with van der Waals surface area (Å²) in [6.07, 6.45) is 2.66. The van der Waals surface area contributed by atoms with Crippen LogP contribution in [0, 0.1) is 5.82 Å². The van der Waals surface area contributed by atoms with Gasteiger partial charge in [0, 0.05) is 35.3 Å². The maximum atomic E-state index is 13.2. The number of amides is 2. The number of anilines is 1. The number of nitrogens with zero attached hydrogens (tertiary/aromatic N) is 2. The Morgan fingerprint density at radius 1 is 1.10 bits per heavy atom. The van der Waals surface area contributed by atoms with Gasteiger partial charge in [0.05, 0.1) is 6.54 Å². The lowest BCUT2D eigenvalue weighted by atomic mass is 9.99. The number of benzene rings is 2. The van der Waals surface area contributed by atoms with Crippen LogP contribution < -0.4 is 5.32 Å². The quantitative estimate of drug-likeness (QED) is 0.700. The second kappa shape index (κ2) is 7.40. The molecule has 2 aliphatic heterocycles. The van der Waals surface area contributed by atoms with E-state index in [4.69, 9.17) is 4.52 Å². The highest BCUT2D eigenvalue weighted by Crippen LogP contribution is 2.31. The molecule has 2 aliphatic rings. The van der Waals surface area contributed by atoms with Gasteiger partial charge in [-0.3, -0.25) is 9.59 Å². The maximum Gasteiger partial charge on any atom is 0.254 e. The topological polar surface area (TPSA) is 75.4 Å². The molecule has 152 valence electrons. The van der Waals surface area contributed by atoms with Crippen LogP contribution in [-0.2, 0) is 24.2 Å². The number of aryl methyl sites for hydroxylation is 1. The number of fused-ring (bicyclic) bond motifs is 2. The molecule has 1 N–H and O–H groups in total. The first-order valence-electron chi connectivity index (χ1n) is 10.0. The predicted octanol–water partition coefficient (Wildman–Crippen LogP) is 3.95. The molecule has 5 rings (SSSR count). The number of halogens is 1. The molecule has 3 heterocycles. The third-order valence-electron chi connectivity index (χ3n) is 5.71. The van der Waals surface area contributed by atoms with E-state index < -0.39 is 0 Å².